The lowest BCUT2D eigenvalue weighted by molar-refractivity contribution is 0.389. The molecule has 0 aliphatic carbocycles. The normalized spacial score (nSPS) is 13.2. The van der Waals surface area contributed by atoms with E-state index in [9.17, 15) is 0 Å². The summed E-state index contributed by atoms with van der Waals surface area (Å²) in [6, 6.07) is 1.86. The summed E-state index contributed by atoms with van der Waals surface area (Å²) >= 11 is 0. The van der Waals surface area contributed by atoms with Crippen molar-refractivity contribution in [3.05, 3.63) is 24.3 Å². The van der Waals surface area contributed by atoms with Crippen LogP contribution in [-0.2, 0) is 6.42 Å². The van der Waals surface area contributed by atoms with Crippen LogP contribution in [0.15, 0.2) is 18.5 Å². The summed E-state index contributed by atoms with van der Waals surface area (Å²) in [5.74, 6) is 2.47. The molecule has 0 radical (unpaired) electrons. The minimum absolute atomic E-state index is 0.753. The molecule has 0 aliphatic heterocycles. The van der Waals surface area contributed by atoms with Gasteiger partial charge in [0.1, 0.15) is 5.82 Å². The van der Waals surface area contributed by atoms with E-state index in [-0.39, 0.29) is 0 Å². The van der Waals surface area contributed by atoms with Gasteiger partial charge in [-0.25, -0.2) is 9.97 Å². The molecule has 0 N–H and O–H groups in total. The second-order valence-electron chi connectivity index (χ2n) is 3.92. The van der Waals surface area contributed by atoms with Gasteiger partial charge in [-0.3, -0.25) is 0 Å². The highest BCUT2D eigenvalue weighted by molar-refractivity contribution is 4.88. The van der Waals surface area contributed by atoms with Crippen LogP contribution in [0.4, 0.5) is 0 Å². The summed E-state index contributed by atoms with van der Waals surface area (Å²) in [7, 11) is 0. The highest BCUT2D eigenvalue weighted by Gasteiger charge is 2.07. The summed E-state index contributed by atoms with van der Waals surface area (Å²) in [5.41, 5.74) is 0. The van der Waals surface area contributed by atoms with Crippen LogP contribution in [0.3, 0.4) is 0 Å². The van der Waals surface area contributed by atoms with Crippen molar-refractivity contribution in [1.29, 1.82) is 0 Å². The summed E-state index contributed by atoms with van der Waals surface area (Å²) in [6.07, 6.45) is 5.80. The molecule has 72 valence electrons. The molecule has 0 spiro atoms. The molecule has 2 heteroatoms. The summed E-state index contributed by atoms with van der Waals surface area (Å²) in [5, 5.41) is 0. The van der Waals surface area contributed by atoms with Crippen molar-refractivity contribution in [3.63, 3.8) is 0 Å². The average Bonchev–Trinajstić information content (AvgIpc) is 2.15. The second kappa shape index (κ2) is 4.95. The van der Waals surface area contributed by atoms with Crippen molar-refractivity contribution in [3.8, 4) is 0 Å². The molecule has 0 saturated heterocycles. The third-order valence-electron chi connectivity index (χ3n) is 2.58. The van der Waals surface area contributed by atoms with E-state index >= 15 is 0 Å². The first kappa shape index (κ1) is 10.2. The van der Waals surface area contributed by atoms with Crippen LogP contribution in [0, 0.1) is 11.8 Å². The van der Waals surface area contributed by atoms with E-state index < -0.39 is 0 Å². The van der Waals surface area contributed by atoms with E-state index in [4.69, 9.17) is 0 Å². The molecule has 0 fully saturated rings. The Morgan fingerprint density at radius 2 is 1.77 bits per heavy atom. The van der Waals surface area contributed by atoms with Crippen molar-refractivity contribution in [2.24, 2.45) is 11.8 Å². The molecular formula is C11H18N2. The van der Waals surface area contributed by atoms with E-state index in [0.29, 0.717) is 0 Å². The minimum Gasteiger partial charge on any atom is -0.241 e. The van der Waals surface area contributed by atoms with Crippen molar-refractivity contribution in [1.82, 2.24) is 9.97 Å². The van der Waals surface area contributed by atoms with Crippen molar-refractivity contribution >= 4 is 0 Å². The zero-order chi connectivity index (χ0) is 9.68. The third-order valence-corrected chi connectivity index (χ3v) is 2.58. The van der Waals surface area contributed by atoms with Gasteiger partial charge in [0.2, 0.25) is 0 Å². The monoisotopic (exact) mass is 178 g/mol. The molecular weight excluding hydrogens is 160 g/mol. The molecule has 1 atom stereocenters. The summed E-state index contributed by atoms with van der Waals surface area (Å²) < 4.78 is 0. The van der Waals surface area contributed by atoms with Crippen LogP contribution in [0.25, 0.3) is 0 Å². The van der Waals surface area contributed by atoms with Crippen molar-refractivity contribution in [2.75, 3.05) is 0 Å². The molecule has 1 aromatic rings. The number of rotatable bonds is 4. The van der Waals surface area contributed by atoms with Crippen LogP contribution < -0.4 is 0 Å². The zero-order valence-corrected chi connectivity index (χ0v) is 8.70. The molecule has 1 heterocycles. The number of nitrogens with zero attached hydrogens (tertiary/aromatic N) is 2. The first-order valence-electron chi connectivity index (χ1n) is 4.96. The molecule has 0 amide bonds. The van der Waals surface area contributed by atoms with Gasteiger partial charge in [-0.05, 0) is 24.3 Å². The number of aromatic nitrogens is 2. The van der Waals surface area contributed by atoms with Crippen LogP contribution >= 0.6 is 0 Å². The molecule has 13 heavy (non-hydrogen) atoms. The van der Waals surface area contributed by atoms with Crippen molar-refractivity contribution in [2.45, 2.75) is 33.6 Å². The van der Waals surface area contributed by atoms with E-state index in [1.54, 1.807) is 0 Å². The fraction of sp³-hybridized carbons (Fsp3) is 0.636. The predicted molar refractivity (Wildman–Crippen MR) is 54.4 cm³/mol. The average molecular weight is 178 g/mol. The van der Waals surface area contributed by atoms with E-state index in [0.717, 1.165) is 24.1 Å². The van der Waals surface area contributed by atoms with Gasteiger partial charge in [-0.1, -0.05) is 20.8 Å². The van der Waals surface area contributed by atoms with Crippen molar-refractivity contribution < 1.29 is 0 Å². The highest BCUT2D eigenvalue weighted by Crippen LogP contribution is 2.15. The smallest absolute Gasteiger partial charge is 0.128 e. The van der Waals surface area contributed by atoms with Gasteiger partial charge >= 0.3 is 0 Å². The minimum atomic E-state index is 0.753. The summed E-state index contributed by atoms with van der Waals surface area (Å²) in [6.45, 7) is 6.81. The number of hydrogen-bond acceptors (Lipinski definition) is 2. The number of aryl methyl sites for hydroxylation is 1. The second-order valence-corrected chi connectivity index (χ2v) is 3.92. The van der Waals surface area contributed by atoms with Gasteiger partial charge < -0.3 is 0 Å². The molecule has 0 aromatic carbocycles. The fourth-order valence-corrected chi connectivity index (χ4v) is 1.15. The quantitative estimate of drug-likeness (QED) is 0.708. The number of hydrogen-bond donors (Lipinski definition) is 0. The maximum Gasteiger partial charge on any atom is 0.128 e. The predicted octanol–water partition coefficient (Wildman–Crippen LogP) is 2.70. The molecule has 0 saturated carbocycles. The SMILES string of the molecule is CC(C)C(C)CCc1ncccn1. The fourth-order valence-electron chi connectivity index (χ4n) is 1.15. The lowest BCUT2D eigenvalue weighted by atomic mass is 9.93. The molecule has 1 unspecified atom stereocenters. The molecule has 0 bridgehead atoms. The van der Waals surface area contributed by atoms with E-state index in [1.165, 1.54) is 6.42 Å². The molecule has 2 nitrogen and oxygen atoms in total. The molecule has 0 aliphatic rings. The van der Waals surface area contributed by atoms with Crippen LogP contribution in [-0.4, -0.2) is 9.97 Å². The van der Waals surface area contributed by atoms with Gasteiger partial charge in [-0.15, -0.1) is 0 Å². The topological polar surface area (TPSA) is 25.8 Å². The Bertz CT molecular complexity index is 231. The lowest BCUT2D eigenvalue weighted by Gasteiger charge is -2.13. The van der Waals surface area contributed by atoms with Gasteiger partial charge in [0.05, 0.1) is 0 Å². The first-order chi connectivity index (χ1) is 6.20. The van der Waals surface area contributed by atoms with Gasteiger partial charge in [0, 0.05) is 18.8 Å². The first-order valence-corrected chi connectivity index (χ1v) is 4.96. The Balaban J connectivity index is 2.35. The van der Waals surface area contributed by atoms with Gasteiger partial charge in [0.15, 0.2) is 0 Å². The van der Waals surface area contributed by atoms with Gasteiger partial charge in [0.25, 0.3) is 0 Å². The maximum atomic E-state index is 4.20. The lowest BCUT2D eigenvalue weighted by Crippen LogP contribution is -2.06. The molecule has 1 rings (SSSR count). The van der Waals surface area contributed by atoms with E-state index in [1.807, 2.05) is 18.5 Å². The standard InChI is InChI=1S/C11H18N2/c1-9(2)10(3)5-6-11-12-7-4-8-13-11/h4,7-10H,5-6H2,1-3H3. The van der Waals surface area contributed by atoms with Crippen LogP contribution in [0.1, 0.15) is 33.0 Å². The highest BCUT2D eigenvalue weighted by atomic mass is 14.8. The Morgan fingerprint density at radius 1 is 1.15 bits per heavy atom. The van der Waals surface area contributed by atoms with E-state index in [2.05, 4.69) is 30.7 Å². The van der Waals surface area contributed by atoms with Gasteiger partial charge in [-0.2, -0.15) is 0 Å². The largest absolute Gasteiger partial charge is 0.241 e. The molecule has 1 aromatic heterocycles. The third kappa shape index (κ3) is 3.53. The Hall–Kier alpha value is -0.920. The zero-order valence-electron chi connectivity index (χ0n) is 8.70. The maximum absolute atomic E-state index is 4.20. The van der Waals surface area contributed by atoms with Crippen LogP contribution in [0.2, 0.25) is 0 Å². The van der Waals surface area contributed by atoms with Crippen LogP contribution in [0.5, 0.6) is 0 Å². The Kier molecular flexibility index (Phi) is 3.87. The Morgan fingerprint density at radius 3 is 2.31 bits per heavy atom. The Labute approximate surface area is 80.4 Å². The summed E-state index contributed by atoms with van der Waals surface area (Å²) in [4.78, 5) is 8.40.